The second-order valence-electron chi connectivity index (χ2n) is 10.1. The summed E-state index contributed by atoms with van der Waals surface area (Å²) < 4.78 is 39.6. The zero-order valence-corrected chi connectivity index (χ0v) is 23.4. The number of phenols is 1. The van der Waals surface area contributed by atoms with Gasteiger partial charge in [0.1, 0.15) is 10.7 Å². The maximum absolute atomic E-state index is 14.2. The zero-order valence-electron chi connectivity index (χ0n) is 21.8. The fourth-order valence-corrected chi connectivity index (χ4v) is 6.04. The first-order valence-electron chi connectivity index (χ1n) is 12.9. The van der Waals surface area contributed by atoms with Gasteiger partial charge in [-0.25, -0.2) is 17.8 Å². The van der Waals surface area contributed by atoms with Gasteiger partial charge < -0.3 is 15.3 Å². The molecule has 39 heavy (non-hydrogen) atoms. The number of pyridine rings is 2. The van der Waals surface area contributed by atoms with Crippen LogP contribution in [-0.2, 0) is 9.84 Å². The fourth-order valence-electron chi connectivity index (χ4n) is 5.06. The van der Waals surface area contributed by atoms with Gasteiger partial charge in [-0.05, 0) is 66.3 Å². The van der Waals surface area contributed by atoms with Crippen molar-refractivity contribution in [1.29, 1.82) is 0 Å². The minimum Gasteiger partial charge on any atom is -0.504 e. The number of benzene rings is 2. The monoisotopic (exact) mass is 568 g/mol. The van der Waals surface area contributed by atoms with E-state index in [4.69, 9.17) is 11.6 Å². The highest BCUT2D eigenvalue weighted by atomic mass is 35.5. The lowest BCUT2D eigenvalue weighted by atomic mass is 10.0. The third kappa shape index (κ3) is 5.79. The number of nitrogens with one attached hydrogen (secondary N) is 1. The van der Waals surface area contributed by atoms with Crippen LogP contribution in [0.25, 0.3) is 22.0 Å². The Morgan fingerprint density at radius 1 is 1.13 bits per heavy atom. The van der Waals surface area contributed by atoms with Crippen LogP contribution in [0.5, 0.6) is 5.75 Å². The average molecular weight is 569 g/mol. The number of aromatic nitrogens is 2. The molecule has 10 heteroatoms. The molecule has 1 aliphatic rings. The van der Waals surface area contributed by atoms with Crippen molar-refractivity contribution < 1.29 is 17.9 Å². The maximum Gasteiger partial charge on any atom is 0.179 e. The van der Waals surface area contributed by atoms with Crippen LogP contribution in [-0.4, -0.2) is 42.8 Å². The Balaban J connectivity index is 1.50. The van der Waals surface area contributed by atoms with Crippen molar-refractivity contribution >= 4 is 49.5 Å². The summed E-state index contributed by atoms with van der Waals surface area (Å²) in [5, 5.41) is 13.4. The predicted molar refractivity (Wildman–Crippen MR) is 154 cm³/mol. The molecule has 1 fully saturated rings. The number of hydrogen-bond acceptors (Lipinski definition) is 7. The van der Waals surface area contributed by atoms with Gasteiger partial charge in [0.2, 0.25) is 0 Å². The molecular weight excluding hydrogens is 539 g/mol. The lowest BCUT2D eigenvalue weighted by molar-refractivity contribution is 0.433. The van der Waals surface area contributed by atoms with Crippen molar-refractivity contribution in [1.82, 2.24) is 9.97 Å². The van der Waals surface area contributed by atoms with Gasteiger partial charge in [0.05, 0.1) is 28.1 Å². The molecule has 0 bridgehead atoms. The summed E-state index contributed by atoms with van der Waals surface area (Å²) in [7, 11) is -3.64. The third-order valence-corrected chi connectivity index (χ3v) is 8.57. The summed E-state index contributed by atoms with van der Waals surface area (Å²) >= 11 is 6.00. The molecule has 0 spiro atoms. The second-order valence-corrected chi connectivity index (χ2v) is 12.5. The number of aromatic hydroxyl groups is 1. The summed E-state index contributed by atoms with van der Waals surface area (Å²) in [5.74, 6) is 0.123. The summed E-state index contributed by atoms with van der Waals surface area (Å²) in [6, 6.07) is 11.7. The number of fused-ring (bicyclic) bond motifs is 1. The number of nitrogens with zero attached hydrogens (tertiary/aromatic N) is 3. The van der Waals surface area contributed by atoms with Gasteiger partial charge in [-0.1, -0.05) is 37.4 Å². The largest absolute Gasteiger partial charge is 0.504 e. The molecule has 0 aliphatic carbocycles. The Morgan fingerprint density at radius 2 is 1.95 bits per heavy atom. The van der Waals surface area contributed by atoms with Crippen molar-refractivity contribution in [3.63, 3.8) is 0 Å². The number of anilines is 3. The molecule has 2 N–H and O–H groups in total. The van der Waals surface area contributed by atoms with Crippen molar-refractivity contribution in [3.8, 4) is 16.9 Å². The fraction of sp³-hybridized carbons (Fsp3) is 0.310. The molecule has 0 radical (unpaired) electrons. The van der Waals surface area contributed by atoms with E-state index < -0.39 is 21.4 Å². The van der Waals surface area contributed by atoms with Crippen LogP contribution >= 0.6 is 11.6 Å². The number of phenolic OH excluding ortho intramolecular Hbond substituents is 1. The molecule has 2 aromatic heterocycles. The van der Waals surface area contributed by atoms with Crippen LogP contribution in [0.15, 0.2) is 59.8 Å². The van der Waals surface area contributed by atoms with E-state index in [1.807, 2.05) is 12.1 Å². The average Bonchev–Trinajstić information content (AvgIpc) is 3.39. The lowest BCUT2D eigenvalue weighted by Gasteiger charge is -2.19. The molecular formula is C29H30ClFN4O3S. The highest BCUT2D eigenvalue weighted by molar-refractivity contribution is 7.90. The van der Waals surface area contributed by atoms with Crippen LogP contribution in [0.4, 0.5) is 21.6 Å². The van der Waals surface area contributed by atoms with Gasteiger partial charge in [-0.2, -0.15) is 0 Å². The van der Waals surface area contributed by atoms with Crippen LogP contribution in [0, 0.1) is 11.7 Å². The first-order valence-corrected chi connectivity index (χ1v) is 15.2. The number of sulfone groups is 1. The molecule has 2 aromatic carbocycles. The van der Waals surface area contributed by atoms with E-state index in [2.05, 4.69) is 27.1 Å². The van der Waals surface area contributed by atoms with Gasteiger partial charge in [-0.3, -0.25) is 4.98 Å². The Hall–Kier alpha value is -3.43. The van der Waals surface area contributed by atoms with Crippen molar-refractivity contribution in [2.75, 3.05) is 29.6 Å². The summed E-state index contributed by atoms with van der Waals surface area (Å²) in [5.41, 5.74) is 2.55. The topological polar surface area (TPSA) is 95.4 Å². The van der Waals surface area contributed by atoms with E-state index in [0.29, 0.717) is 39.3 Å². The van der Waals surface area contributed by atoms with Gasteiger partial charge in [0.25, 0.3) is 0 Å². The van der Waals surface area contributed by atoms with Crippen molar-refractivity contribution in [2.45, 2.75) is 37.5 Å². The van der Waals surface area contributed by atoms with Gasteiger partial charge >= 0.3 is 0 Å². The van der Waals surface area contributed by atoms with E-state index in [-0.39, 0.29) is 9.92 Å². The molecule has 204 valence electrons. The van der Waals surface area contributed by atoms with Crippen LogP contribution in [0.1, 0.15) is 32.6 Å². The normalized spacial score (nSPS) is 15.7. The standard InChI is InChI=1S/C29H30ClFN4O3S/c1-3-4-5-18-10-11-35(17-18)27-9-7-21(15-33-27)34-28-22-12-19(20-13-23(30)29(36)24(31)14-20)6-8-25(22)32-16-26(28)39(2,37)38/h6-9,12-16,18,36H,3-5,10-11,17H2,1-2H3,(H,32,34). The third-order valence-electron chi connectivity index (χ3n) is 7.18. The molecule has 5 rings (SSSR count). The Kier molecular flexibility index (Phi) is 7.64. The molecule has 4 aromatic rings. The highest BCUT2D eigenvalue weighted by Crippen LogP contribution is 2.37. The van der Waals surface area contributed by atoms with Crippen LogP contribution < -0.4 is 10.2 Å². The smallest absolute Gasteiger partial charge is 0.179 e. The highest BCUT2D eigenvalue weighted by Gasteiger charge is 2.23. The van der Waals surface area contributed by atoms with Crippen molar-refractivity contribution in [3.05, 3.63) is 65.7 Å². The Morgan fingerprint density at radius 3 is 2.64 bits per heavy atom. The SMILES string of the molecule is CCCCC1CCN(c2ccc(Nc3c(S(C)(=O)=O)cnc4ccc(-c5cc(F)c(O)c(Cl)c5)cc34)cn2)C1. The molecule has 1 saturated heterocycles. The first kappa shape index (κ1) is 27.1. The van der Waals surface area contributed by atoms with E-state index in [0.717, 1.165) is 25.2 Å². The molecule has 1 aliphatic heterocycles. The van der Waals surface area contributed by atoms with Gasteiger partial charge in [-0.15, -0.1) is 0 Å². The Labute approximate surface area is 232 Å². The number of unbranched alkanes of at least 4 members (excludes halogenated alkanes) is 1. The van der Waals surface area contributed by atoms with E-state index in [9.17, 15) is 17.9 Å². The molecule has 0 saturated carbocycles. The van der Waals surface area contributed by atoms with E-state index >= 15 is 0 Å². The van der Waals surface area contributed by atoms with Gasteiger partial charge in [0, 0.05) is 30.9 Å². The molecule has 7 nitrogen and oxygen atoms in total. The minimum absolute atomic E-state index is 0.0319. The first-order chi connectivity index (χ1) is 18.6. The number of halogens is 2. The van der Waals surface area contributed by atoms with Gasteiger partial charge in [0.15, 0.2) is 21.4 Å². The van der Waals surface area contributed by atoms with E-state index in [1.165, 1.54) is 44.0 Å². The minimum atomic E-state index is -3.64. The van der Waals surface area contributed by atoms with Crippen LogP contribution in [0.3, 0.4) is 0 Å². The second kappa shape index (κ2) is 11.0. The summed E-state index contributed by atoms with van der Waals surface area (Å²) in [4.78, 5) is 11.3. The van der Waals surface area contributed by atoms with Crippen LogP contribution in [0.2, 0.25) is 5.02 Å². The summed E-state index contributed by atoms with van der Waals surface area (Å²) in [6.45, 7) is 4.19. The Bertz CT molecular complexity index is 1610. The quantitative estimate of drug-likeness (QED) is 0.237. The lowest BCUT2D eigenvalue weighted by Crippen LogP contribution is -2.20. The molecule has 1 atom stereocenters. The number of hydrogen-bond donors (Lipinski definition) is 2. The molecule has 1 unspecified atom stereocenters. The van der Waals surface area contributed by atoms with E-state index in [1.54, 1.807) is 24.4 Å². The predicted octanol–water partition coefficient (Wildman–Crippen LogP) is 6.96. The van der Waals surface area contributed by atoms with Crippen molar-refractivity contribution in [2.24, 2.45) is 5.92 Å². The summed E-state index contributed by atoms with van der Waals surface area (Å²) in [6.07, 6.45) is 9.01. The maximum atomic E-state index is 14.2. The number of rotatable bonds is 8. The molecule has 0 amide bonds. The molecule has 3 heterocycles. The zero-order chi connectivity index (χ0) is 27.7.